The number of rotatable bonds is 3. The van der Waals surface area contributed by atoms with Gasteiger partial charge in [0.1, 0.15) is 6.33 Å². The second kappa shape index (κ2) is 5.09. The Morgan fingerprint density at radius 2 is 2.28 bits per heavy atom. The van der Waals surface area contributed by atoms with Crippen molar-refractivity contribution in [3.63, 3.8) is 0 Å². The predicted octanol–water partition coefficient (Wildman–Crippen LogP) is 1.37. The summed E-state index contributed by atoms with van der Waals surface area (Å²) in [7, 11) is 1.82. The highest BCUT2D eigenvalue weighted by Gasteiger charge is 2.13. The first kappa shape index (κ1) is 12.4. The molecule has 7 heteroatoms. The van der Waals surface area contributed by atoms with Gasteiger partial charge in [0.25, 0.3) is 0 Å². The average Bonchev–Trinajstić information content (AvgIpc) is 2.76. The highest BCUT2D eigenvalue weighted by Crippen LogP contribution is 2.31. The molecule has 1 heterocycles. The zero-order valence-corrected chi connectivity index (χ0v) is 10.8. The number of nitrogens with zero attached hydrogens (tertiary/aromatic N) is 4. The molecule has 6 nitrogen and oxygen atoms in total. The standard InChI is InChI=1S/C11H13N5OS/c1-7-4-3-5-8(10(12)15-17)9(7)18-11-13-6-14-16(11)2/h3-6,17H,1-2H3,(H2,12,15). The molecule has 0 radical (unpaired) electrons. The van der Waals surface area contributed by atoms with Crippen LogP contribution in [0, 0.1) is 6.92 Å². The molecule has 0 amide bonds. The number of oxime groups is 1. The van der Waals surface area contributed by atoms with Crippen molar-refractivity contribution in [2.24, 2.45) is 17.9 Å². The number of amidine groups is 1. The van der Waals surface area contributed by atoms with Gasteiger partial charge < -0.3 is 10.9 Å². The summed E-state index contributed by atoms with van der Waals surface area (Å²) in [5, 5.41) is 16.6. The smallest absolute Gasteiger partial charge is 0.190 e. The first-order valence-corrected chi connectivity index (χ1v) is 6.04. The van der Waals surface area contributed by atoms with Crippen LogP contribution in [0.15, 0.2) is 39.7 Å². The molecule has 3 N–H and O–H groups in total. The molecule has 2 rings (SSSR count). The summed E-state index contributed by atoms with van der Waals surface area (Å²) in [4.78, 5) is 5.06. The van der Waals surface area contributed by atoms with Gasteiger partial charge in [0.15, 0.2) is 11.0 Å². The van der Waals surface area contributed by atoms with E-state index in [0.717, 1.165) is 15.6 Å². The van der Waals surface area contributed by atoms with Crippen molar-refractivity contribution < 1.29 is 5.21 Å². The molecule has 0 aliphatic rings. The van der Waals surface area contributed by atoms with Gasteiger partial charge in [-0.3, -0.25) is 0 Å². The van der Waals surface area contributed by atoms with Gasteiger partial charge in [-0.1, -0.05) is 17.3 Å². The number of aryl methyl sites for hydroxylation is 2. The molecule has 0 spiro atoms. The second-order valence-corrected chi connectivity index (χ2v) is 4.68. The molecule has 0 saturated carbocycles. The summed E-state index contributed by atoms with van der Waals surface area (Å²) < 4.78 is 1.67. The molecular formula is C11H13N5OS. The summed E-state index contributed by atoms with van der Waals surface area (Å²) in [5.74, 6) is 0.0865. The fourth-order valence-electron chi connectivity index (χ4n) is 1.51. The van der Waals surface area contributed by atoms with E-state index in [1.54, 1.807) is 10.7 Å². The van der Waals surface area contributed by atoms with Crippen molar-refractivity contribution >= 4 is 17.6 Å². The second-order valence-electron chi connectivity index (χ2n) is 3.71. The van der Waals surface area contributed by atoms with Crippen LogP contribution < -0.4 is 5.73 Å². The Hall–Kier alpha value is -2.02. The first-order valence-electron chi connectivity index (χ1n) is 5.23. The Bertz CT molecular complexity index is 593. The van der Waals surface area contributed by atoms with Crippen molar-refractivity contribution in [3.05, 3.63) is 35.7 Å². The monoisotopic (exact) mass is 263 g/mol. The van der Waals surface area contributed by atoms with Crippen LogP contribution in [-0.2, 0) is 7.05 Å². The normalized spacial score (nSPS) is 11.8. The molecule has 0 aliphatic carbocycles. The Labute approximate surface area is 109 Å². The fraction of sp³-hybridized carbons (Fsp3) is 0.182. The lowest BCUT2D eigenvalue weighted by molar-refractivity contribution is 0.318. The lowest BCUT2D eigenvalue weighted by atomic mass is 10.1. The van der Waals surface area contributed by atoms with Gasteiger partial charge in [-0.15, -0.1) is 0 Å². The topological polar surface area (TPSA) is 89.3 Å². The van der Waals surface area contributed by atoms with Gasteiger partial charge >= 0.3 is 0 Å². The Morgan fingerprint density at radius 1 is 1.50 bits per heavy atom. The van der Waals surface area contributed by atoms with Crippen LogP contribution >= 0.6 is 11.8 Å². The fourth-order valence-corrected chi connectivity index (χ4v) is 2.49. The van der Waals surface area contributed by atoms with Crippen LogP contribution in [-0.4, -0.2) is 25.8 Å². The largest absolute Gasteiger partial charge is 0.409 e. The third-order valence-corrected chi connectivity index (χ3v) is 3.76. The Morgan fingerprint density at radius 3 is 2.89 bits per heavy atom. The van der Waals surface area contributed by atoms with Crippen LogP contribution in [0.2, 0.25) is 0 Å². The molecular weight excluding hydrogens is 250 g/mol. The number of hydrogen-bond donors (Lipinski definition) is 2. The minimum atomic E-state index is 0.0865. The van der Waals surface area contributed by atoms with Gasteiger partial charge in [0, 0.05) is 17.5 Å². The van der Waals surface area contributed by atoms with Crippen LogP contribution in [0.25, 0.3) is 0 Å². The van der Waals surface area contributed by atoms with Crippen LogP contribution in [0.1, 0.15) is 11.1 Å². The molecule has 1 aromatic heterocycles. The van der Waals surface area contributed by atoms with Gasteiger partial charge in [-0.05, 0) is 30.3 Å². The molecule has 0 fully saturated rings. The van der Waals surface area contributed by atoms with E-state index in [4.69, 9.17) is 10.9 Å². The summed E-state index contributed by atoms with van der Waals surface area (Å²) in [6, 6.07) is 5.64. The predicted molar refractivity (Wildman–Crippen MR) is 68.8 cm³/mol. The van der Waals surface area contributed by atoms with Crippen molar-refractivity contribution in [2.45, 2.75) is 17.0 Å². The van der Waals surface area contributed by atoms with E-state index in [9.17, 15) is 0 Å². The molecule has 0 bridgehead atoms. The number of aromatic nitrogens is 3. The molecule has 18 heavy (non-hydrogen) atoms. The minimum absolute atomic E-state index is 0.0865. The third-order valence-electron chi connectivity index (χ3n) is 2.46. The lowest BCUT2D eigenvalue weighted by Crippen LogP contribution is -2.14. The number of benzene rings is 1. The van der Waals surface area contributed by atoms with Gasteiger partial charge in [0.2, 0.25) is 0 Å². The lowest BCUT2D eigenvalue weighted by Gasteiger charge is -2.10. The number of nitrogens with two attached hydrogens (primary N) is 1. The average molecular weight is 263 g/mol. The maximum atomic E-state index is 8.80. The molecule has 0 atom stereocenters. The van der Waals surface area contributed by atoms with E-state index >= 15 is 0 Å². The van der Waals surface area contributed by atoms with E-state index in [0.29, 0.717) is 5.56 Å². The third kappa shape index (κ3) is 2.30. The Balaban J connectivity index is 2.47. The number of hydrogen-bond acceptors (Lipinski definition) is 5. The van der Waals surface area contributed by atoms with E-state index < -0.39 is 0 Å². The molecule has 2 aromatic rings. The van der Waals surface area contributed by atoms with Gasteiger partial charge in [-0.2, -0.15) is 5.10 Å². The van der Waals surface area contributed by atoms with Crippen LogP contribution in [0.4, 0.5) is 0 Å². The SMILES string of the molecule is Cc1cccc(/C(N)=N/O)c1Sc1ncnn1C. The molecule has 94 valence electrons. The maximum absolute atomic E-state index is 8.80. The van der Waals surface area contributed by atoms with Crippen molar-refractivity contribution in [2.75, 3.05) is 0 Å². The van der Waals surface area contributed by atoms with Crippen molar-refractivity contribution in [3.8, 4) is 0 Å². The first-order chi connectivity index (χ1) is 8.63. The summed E-state index contributed by atoms with van der Waals surface area (Å²) in [6.45, 7) is 1.97. The summed E-state index contributed by atoms with van der Waals surface area (Å²) in [6.07, 6.45) is 1.49. The van der Waals surface area contributed by atoms with Gasteiger partial charge in [0.05, 0.1) is 0 Å². The summed E-state index contributed by atoms with van der Waals surface area (Å²) in [5.41, 5.74) is 7.39. The zero-order chi connectivity index (χ0) is 13.1. The van der Waals surface area contributed by atoms with E-state index in [2.05, 4.69) is 15.2 Å². The molecule has 0 aliphatic heterocycles. The Kier molecular flexibility index (Phi) is 3.52. The minimum Gasteiger partial charge on any atom is -0.409 e. The van der Waals surface area contributed by atoms with E-state index in [1.165, 1.54) is 18.1 Å². The van der Waals surface area contributed by atoms with E-state index in [1.807, 2.05) is 26.1 Å². The molecule has 1 aromatic carbocycles. The van der Waals surface area contributed by atoms with Gasteiger partial charge in [-0.25, -0.2) is 9.67 Å². The highest BCUT2D eigenvalue weighted by atomic mass is 32.2. The van der Waals surface area contributed by atoms with E-state index in [-0.39, 0.29) is 5.84 Å². The summed E-state index contributed by atoms with van der Waals surface area (Å²) >= 11 is 1.44. The zero-order valence-electron chi connectivity index (χ0n) is 10.0. The molecule has 0 unspecified atom stereocenters. The van der Waals surface area contributed by atoms with Crippen LogP contribution in [0.3, 0.4) is 0 Å². The van der Waals surface area contributed by atoms with Crippen LogP contribution in [0.5, 0.6) is 0 Å². The van der Waals surface area contributed by atoms with Crippen molar-refractivity contribution in [1.82, 2.24) is 14.8 Å². The molecule has 0 saturated heterocycles. The van der Waals surface area contributed by atoms with Crippen molar-refractivity contribution in [1.29, 1.82) is 0 Å². The maximum Gasteiger partial charge on any atom is 0.190 e. The quantitative estimate of drug-likeness (QED) is 0.378. The highest BCUT2D eigenvalue weighted by molar-refractivity contribution is 7.99.